The zero-order chi connectivity index (χ0) is 26.6. The molecule has 0 saturated carbocycles. The van der Waals surface area contributed by atoms with Gasteiger partial charge < -0.3 is 20.1 Å². The van der Waals surface area contributed by atoms with Crippen LogP contribution in [0.5, 0.6) is 11.5 Å². The van der Waals surface area contributed by atoms with Crippen molar-refractivity contribution in [3.63, 3.8) is 0 Å². The van der Waals surface area contributed by atoms with Gasteiger partial charge in [0, 0.05) is 31.1 Å². The van der Waals surface area contributed by atoms with Crippen molar-refractivity contribution in [3.8, 4) is 22.8 Å². The van der Waals surface area contributed by atoms with Gasteiger partial charge in [0.2, 0.25) is 0 Å². The van der Waals surface area contributed by atoms with Crippen molar-refractivity contribution in [2.75, 3.05) is 25.4 Å². The summed E-state index contributed by atoms with van der Waals surface area (Å²) in [6.07, 6.45) is 3.01. The molecule has 1 fully saturated rings. The summed E-state index contributed by atoms with van der Waals surface area (Å²) in [6.45, 7) is 5.97. The predicted molar refractivity (Wildman–Crippen MR) is 142 cm³/mol. The first-order chi connectivity index (χ1) is 18.4. The maximum absolute atomic E-state index is 12.9. The zero-order valence-electron chi connectivity index (χ0n) is 21.0. The molecule has 194 valence electrons. The van der Waals surface area contributed by atoms with Crippen LogP contribution in [0.4, 0.5) is 5.82 Å². The third-order valence-corrected chi connectivity index (χ3v) is 6.41. The van der Waals surface area contributed by atoms with Crippen molar-refractivity contribution in [3.05, 3.63) is 73.1 Å². The molecule has 1 atom stereocenters. The predicted octanol–water partition coefficient (Wildman–Crippen LogP) is 4.15. The van der Waals surface area contributed by atoms with Gasteiger partial charge in [0.15, 0.2) is 5.65 Å². The van der Waals surface area contributed by atoms with Gasteiger partial charge in [0.1, 0.15) is 35.9 Å². The number of benzene rings is 2. The molecule has 1 aliphatic heterocycles. The van der Waals surface area contributed by atoms with Gasteiger partial charge in [-0.3, -0.25) is 9.59 Å². The second-order valence-corrected chi connectivity index (χ2v) is 9.12. The Kier molecular flexibility index (Phi) is 7.03. The number of likely N-dealkylation sites (tertiary alicyclic amines) is 1. The van der Waals surface area contributed by atoms with E-state index in [0.29, 0.717) is 41.4 Å². The minimum absolute atomic E-state index is 0.125. The summed E-state index contributed by atoms with van der Waals surface area (Å²) in [5.41, 5.74) is 8.64. The second-order valence-electron chi connectivity index (χ2n) is 9.12. The normalized spacial score (nSPS) is 15.3. The fourth-order valence-electron chi connectivity index (χ4n) is 4.57. The van der Waals surface area contributed by atoms with Crippen LogP contribution in [0.25, 0.3) is 22.3 Å². The summed E-state index contributed by atoms with van der Waals surface area (Å²) in [4.78, 5) is 34.5. The molecular formula is C28H28N6O4. The van der Waals surface area contributed by atoms with Crippen molar-refractivity contribution in [2.24, 2.45) is 0 Å². The molecule has 2 aromatic heterocycles. The number of nitrogens with two attached hydrogens (primary N) is 1. The van der Waals surface area contributed by atoms with Gasteiger partial charge in [-0.1, -0.05) is 24.8 Å². The summed E-state index contributed by atoms with van der Waals surface area (Å²) in [7, 11) is 0. The van der Waals surface area contributed by atoms with Gasteiger partial charge in [0.05, 0.1) is 11.4 Å². The summed E-state index contributed by atoms with van der Waals surface area (Å²) in [5, 5.41) is 5.58. The minimum atomic E-state index is -0.456. The monoisotopic (exact) mass is 512 g/mol. The van der Waals surface area contributed by atoms with Gasteiger partial charge in [-0.15, -0.1) is 0 Å². The van der Waals surface area contributed by atoms with E-state index in [9.17, 15) is 9.59 Å². The van der Waals surface area contributed by atoms with Crippen molar-refractivity contribution < 1.29 is 19.1 Å². The van der Waals surface area contributed by atoms with Crippen LogP contribution in [0.2, 0.25) is 0 Å². The summed E-state index contributed by atoms with van der Waals surface area (Å²) in [6, 6.07) is 17.0. The van der Waals surface area contributed by atoms with Crippen LogP contribution >= 0.6 is 0 Å². The van der Waals surface area contributed by atoms with Crippen LogP contribution in [0.1, 0.15) is 25.8 Å². The first kappa shape index (κ1) is 24.9. The first-order valence-electron chi connectivity index (χ1n) is 12.3. The number of esters is 1. The average Bonchev–Trinajstić information content (AvgIpc) is 3.33. The number of nitrogen functional groups attached to an aromatic ring is 1. The molecular weight excluding hydrogens is 484 g/mol. The largest absolute Gasteiger partial charge is 0.461 e. The number of carbonyl (C=O) groups excluding carboxylic acids is 2. The number of amides is 1. The molecule has 1 aliphatic rings. The van der Waals surface area contributed by atoms with E-state index in [1.165, 1.54) is 13.3 Å². The molecule has 10 nitrogen and oxygen atoms in total. The summed E-state index contributed by atoms with van der Waals surface area (Å²) >= 11 is 0. The molecule has 5 rings (SSSR count). The Balaban J connectivity index is 1.42. The number of hydrogen-bond acceptors (Lipinski definition) is 8. The smallest absolute Gasteiger partial charge is 0.302 e. The van der Waals surface area contributed by atoms with E-state index in [1.807, 2.05) is 59.3 Å². The second kappa shape index (κ2) is 10.7. The molecule has 0 bridgehead atoms. The molecule has 1 amide bonds. The van der Waals surface area contributed by atoms with Crippen LogP contribution in [-0.2, 0) is 14.3 Å². The Morgan fingerprint density at radius 3 is 2.55 bits per heavy atom. The van der Waals surface area contributed by atoms with Gasteiger partial charge in [-0.2, -0.15) is 5.10 Å². The topological polar surface area (TPSA) is 125 Å². The lowest BCUT2D eigenvalue weighted by Gasteiger charge is -2.33. The lowest BCUT2D eigenvalue weighted by atomic mass is 10.0. The molecule has 1 saturated heterocycles. The van der Waals surface area contributed by atoms with Crippen molar-refractivity contribution in [1.29, 1.82) is 0 Å². The number of ether oxygens (including phenoxy) is 2. The van der Waals surface area contributed by atoms with Crippen molar-refractivity contribution in [1.82, 2.24) is 24.6 Å². The Labute approximate surface area is 219 Å². The molecule has 4 aromatic rings. The molecule has 10 heteroatoms. The zero-order valence-corrected chi connectivity index (χ0v) is 21.0. The van der Waals surface area contributed by atoms with Crippen LogP contribution in [0, 0.1) is 0 Å². The Morgan fingerprint density at radius 1 is 1.08 bits per heavy atom. The number of piperidine rings is 1. The number of nitrogens with zero attached hydrogens (tertiary/aromatic N) is 5. The molecule has 0 unspecified atom stereocenters. The quantitative estimate of drug-likeness (QED) is 0.289. The number of para-hydroxylation sites is 1. The van der Waals surface area contributed by atoms with E-state index in [0.717, 1.165) is 24.2 Å². The Morgan fingerprint density at radius 2 is 1.82 bits per heavy atom. The standard InChI is InChI=1S/C28H28N6O4/c1-18(16-37-19(2)35)28(36)33-14-6-7-21(15-33)34-27-24(26(29)30-17-31-27)25(32-34)20-10-12-23(13-11-20)38-22-8-4-3-5-9-22/h3-5,8-13,17,21H,1,6-7,14-16H2,2H3,(H2,29,30,31)/t21-/m1/s1. The minimum Gasteiger partial charge on any atom is -0.461 e. The van der Waals surface area contributed by atoms with E-state index >= 15 is 0 Å². The summed E-state index contributed by atoms with van der Waals surface area (Å²) < 4.78 is 12.7. The fraction of sp³-hybridized carbons (Fsp3) is 0.250. The maximum Gasteiger partial charge on any atom is 0.302 e. The van der Waals surface area contributed by atoms with E-state index in [4.69, 9.17) is 20.3 Å². The van der Waals surface area contributed by atoms with E-state index < -0.39 is 5.97 Å². The van der Waals surface area contributed by atoms with Crippen molar-refractivity contribution in [2.45, 2.75) is 25.8 Å². The van der Waals surface area contributed by atoms with E-state index in [1.54, 1.807) is 4.90 Å². The van der Waals surface area contributed by atoms with Crippen LogP contribution < -0.4 is 10.5 Å². The van der Waals surface area contributed by atoms with Crippen LogP contribution in [0.15, 0.2) is 73.1 Å². The Bertz CT molecular complexity index is 1480. The van der Waals surface area contributed by atoms with Gasteiger partial charge in [-0.25, -0.2) is 14.6 Å². The van der Waals surface area contributed by atoms with Gasteiger partial charge >= 0.3 is 5.97 Å². The van der Waals surface area contributed by atoms with Crippen molar-refractivity contribution >= 4 is 28.7 Å². The molecule has 2 N–H and O–H groups in total. The Hall–Kier alpha value is -4.73. The highest BCUT2D eigenvalue weighted by molar-refractivity contribution is 5.98. The lowest BCUT2D eigenvalue weighted by Crippen LogP contribution is -2.42. The maximum atomic E-state index is 12.9. The molecule has 38 heavy (non-hydrogen) atoms. The third kappa shape index (κ3) is 5.19. The third-order valence-electron chi connectivity index (χ3n) is 6.41. The number of rotatable bonds is 7. The van der Waals surface area contributed by atoms with Crippen LogP contribution in [-0.4, -0.2) is 56.2 Å². The number of carbonyl (C=O) groups is 2. The van der Waals surface area contributed by atoms with E-state index in [2.05, 4.69) is 16.5 Å². The lowest BCUT2D eigenvalue weighted by molar-refractivity contribution is -0.140. The molecule has 0 aliphatic carbocycles. The number of aromatic nitrogens is 4. The van der Waals surface area contributed by atoms with Gasteiger partial charge in [-0.05, 0) is 49.2 Å². The molecule has 0 radical (unpaired) electrons. The summed E-state index contributed by atoms with van der Waals surface area (Å²) in [5.74, 6) is 1.08. The van der Waals surface area contributed by atoms with Gasteiger partial charge in [0.25, 0.3) is 5.91 Å². The molecule has 3 heterocycles. The molecule has 0 spiro atoms. The average molecular weight is 513 g/mol. The van der Waals surface area contributed by atoms with E-state index in [-0.39, 0.29) is 24.1 Å². The number of hydrogen-bond donors (Lipinski definition) is 1. The highest BCUT2D eigenvalue weighted by atomic mass is 16.5. The fourth-order valence-corrected chi connectivity index (χ4v) is 4.57. The number of fused-ring (bicyclic) bond motifs is 1. The highest BCUT2D eigenvalue weighted by Gasteiger charge is 2.29. The van der Waals surface area contributed by atoms with Crippen LogP contribution in [0.3, 0.4) is 0 Å². The highest BCUT2D eigenvalue weighted by Crippen LogP contribution is 2.35. The molecule has 2 aromatic carbocycles. The first-order valence-corrected chi connectivity index (χ1v) is 12.3. The number of anilines is 1. The SMILES string of the molecule is C=C(COC(C)=O)C(=O)N1CCC[C@@H](n2nc(-c3ccc(Oc4ccccc4)cc3)c3c(N)ncnc32)C1.